The Morgan fingerprint density at radius 3 is 2.57 bits per heavy atom. The van der Waals surface area contributed by atoms with Crippen molar-refractivity contribution in [3.63, 3.8) is 0 Å². The lowest BCUT2D eigenvalue weighted by Crippen LogP contribution is -2.29. The zero-order valence-electron chi connectivity index (χ0n) is 16.6. The lowest BCUT2D eigenvalue weighted by atomic mass is 10.1. The molecule has 0 spiro atoms. The molecular formula is C22H26N4O2S2. The van der Waals surface area contributed by atoms with E-state index in [1.165, 1.54) is 0 Å². The van der Waals surface area contributed by atoms with Crippen molar-refractivity contribution >= 4 is 29.6 Å². The summed E-state index contributed by atoms with van der Waals surface area (Å²) in [7, 11) is 0. The van der Waals surface area contributed by atoms with E-state index in [0.717, 1.165) is 59.8 Å². The number of nitrogens with zero attached hydrogens (tertiary/aromatic N) is 1. The summed E-state index contributed by atoms with van der Waals surface area (Å²) in [5.41, 5.74) is 2.88. The van der Waals surface area contributed by atoms with E-state index in [-0.39, 0.29) is 12.6 Å². The minimum Gasteiger partial charge on any atom is -0.445 e. The summed E-state index contributed by atoms with van der Waals surface area (Å²) in [4.78, 5) is 17.2. The molecule has 0 fully saturated rings. The molecule has 3 rings (SSSR count). The Morgan fingerprint density at radius 2 is 1.83 bits per heavy atom. The van der Waals surface area contributed by atoms with Crippen LogP contribution in [0, 0.1) is 0 Å². The van der Waals surface area contributed by atoms with Crippen LogP contribution in [-0.4, -0.2) is 17.6 Å². The largest absolute Gasteiger partial charge is 0.445 e. The highest BCUT2D eigenvalue weighted by molar-refractivity contribution is 7.95. The fourth-order valence-electron chi connectivity index (χ4n) is 2.97. The number of nitrogens with two attached hydrogens (primary N) is 1. The average molecular weight is 443 g/mol. The molecule has 0 saturated heterocycles. The van der Waals surface area contributed by atoms with Crippen molar-refractivity contribution in [2.24, 2.45) is 5.14 Å². The van der Waals surface area contributed by atoms with Gasteiger partial charge in [0.15, 0.2) is 0 Å². The Morgan fingerprint density at radius 1 is 1.10 bits per heavy atom. The van der Waals surface area contributed by atoms with Gasteiger partial charge >= 0.3 is 6.09 Å². The van der Waals surface area contributed by atoms with Crippen LogP contribution in [0.2, 0.25) is 0 Å². The number of alkyl carbamates (subject to hydrolysis) is 1. The number of amides is 1. The van der Waals surface area contributed by atoms with E-state index in [0.29, 0.717) is 0 Å². The predicted molar refractivity (Wildman–Crippen MR) is 124 cm³/mol. The molecule has 4 N–H and O–H groups in total. The van der Waals surface area contributed by atoms with Crippen LogP contribution in [0.4, 0.5) is 4.79 Å². The topological polar surface area (TPSA) is 89.3 Å². The Kier molecular flexibility index (Phi) is 9.17. The van der Waals surface area contributed by atoms with Crippen molar-refractivity contribution in [3.05, 3.63) is 77.3 Å². The summed E-state index contributed by atoms with van der Waals surface area (Å²) in [6.45, 7) is 1.06. The summed E-state index contributed by atoms with van der Waals surface area (Å²) in [6, 6.07) is 19.5. The van der Waals surface area contributed by atoms with E-state index in [1.807, 2.05) is 66.0 Å². The molecule has 0 bridgehead atoms. The highest BCUT2D eigenvalue weighted by atomic mass is 32.2. The van der Waals surface area contributed by atoms with Gasteiger partial charge in [0.1, 0.15) is 11.6 Å². The number of carbonyl (C=O) groups excluding carboxylic acids is 1. The van der Waals surface area contributed by atoms with E-state index in [4.69, 9.17) is 14.9 Å². The zero-order valence-corrected chi connectivity index (χ0v) is 18.3. The number of thiazole rings is 1. The van der Waals surface area contributed by atoms with Gasteiger partial charge in [-0.05, 0) is 24.8 Å². The van der Waals surface area contributed by atoms with Gasteiger partial charge in [0.05, 0.1) is 11.7 Å². The fourth-order valence-corrected chi connectivity index (χ4v) is 4.11. The quantitative estimate of drug-likeness (QED) is 0.284. The van der Waals surface area contributed by atoms with Gasteiger partial charge in [-0.1, -0.05) is 60.7 Å². The van der Waals surface area contributed by atoms with Gasteiger partial charge in [-0.15, -0.1) is 11.3 Å². The van der Waals surface area contributed by atoms with Gasteiger partial charge < -0.3 is 10.1 Å². The first-order valence-corrected chi connectivity index (χ1v) is 11.6. The van der Waals surface area contributed by atoms with Gasteiger partial charge in [-0.3, -0.25) is 9.86 Å². The lowest BCUT2D eigenvalue weighted by molar-refractivity contribution is 0.134. The summed E-state index contributed by atoms with van der Waals surface area (Å²) >= 11 is 2.70. The van der Waals surface area contributed by atoms with Gasteiger partial charge in [-0.2, -0.15) is 0 Å². The van der Waals surface area contributed by atoms with Crippen LogP contribution in [0.15, 0.2) is 66.0 Å². The molecule has 1 atom stereocenters. The molecule has 6 nitrogen and oxygen atoms in total. The molecule has 0 aliphatic rings. The third-order valence-electron chi connectivity index (χ3n) is 4.51. The van der Waals surface area contributed by atoms with Gasteiger partial charge in [-0.25, -0.2) is 9.78 Å². The van der Waals surface area contributed by atoms with E-state index in [9.17, 15) is 4.79 Å². The number of aromatic nitrogens is 1. The monoisotopic (exact) mass is 442 g/mol. The number of unbranched alkanes of at least 4 members (excludes halogenated alkanes) is 1. The van der Waals surface area contributed by atoms with Crippen molar-refractivity contribution < 1.29 is 9.53 Å². The van der Waals surface area contributed by atoms with Crippen LogP contribution in [0.25, 0.3) is 10.6 Å². The van der Waals surface area contributed by atoms with Crippen molar-refractivity contribution in [2.45, 2.75) is 31.9 Å². The van der Waals surface area contributed by atoms with Crippen molar-refractivity contribution in [1.29, 1.82) is 0 Å². The summed E-state index contributed by atoms with van der Waals surface area (Å²) in [5, 5.41) is 11.3. The second-order valence-electron chi connectivity index (χ2n) is 6.71. The first-order chi connectivity index (χ1) is 14.8. The number of rotatable bonds is 11. The SMILES string of the molecule is NSNCCCCC(NC(=O)OCc1ccccc1)c1csc(-c2ccccc2)n1. The second-order valence-corrected chi connectivity index (χ2v) is 8.09. The third kappa shape index (κ3) is 7.14. The van der Waals surface area contributed by atoms with Crippen LogP contribution < -0.4 is 15.2 Å². The third-order valence-corrected chi connectivity index (χ3v) is 5.79. The molecule has 30 heavy (non-hydrogen) atoms. The summed E-state index contributed by atoms with van der Waals surface area (Å²) < 4.78 is 8.45. The van der Waals surface area contributed by atoms with Crippen LogP contribution in [0.3, 0.4) is 0 Å². The van der Waals surface area contributed by atoms with Gasteiger partial charge in [0.25, 0.3) is 0 Å². The lowest BCUT2D eigenvalue weighted by Gasteiger charge is -2.17. The predicted octanol–water partition coefficient (Wildman–Crippen LogP) is 5.06. The first kappa shape index (κ1) is 22.3. The molecule has 1 amide bonds. The fraction of sp³-hybridized carbons (Fsp3) is 0.273. The van der Waals surface area contributed by atoms with E-state index < -0.39 is 6.09 Å². The Bertz CT molecular complexity index is 890. The number of hydrogen-bond donors (Lipinski definition) is 3. The van der Waals surface area contributed by atoms with Crippen LogP contribution in [0.5, 0.6) is 0 Å². The number of benzene rings is 2. The minimum atomic E-state index is -0.436. The van der Waals surface area contributed by atoms with Crippen molar-refractivity contribution in [2.75, 3.05) is 6.54 Å². The average Bonchev–Trinajstić information content (AvgIpc) is 3.28. The van der Waals surface area contributed by atoms with Crippen LogP contribution in [-0.2, 0) is 11.3 Å². The Labute approximate surface area is 185 Å². The maximum Gasteiger partial charge on any atom is 0.408 e. The maximum atomic E-state index is 12.4. The molecule has 158 valence electrons. The van der Waals surface area contributed by atoms with E-state index in [1.54, 1.807) is 11.3 Å². The maximum absolute atomic E-state index is 12.4. The molecule has 0 aliphatic carbocycles. The van der Waals surface area contributed by atoms with Crippen LogP contribution >= 0.6 is 23.5 Å². The molecule has 0 aliphatic heterocycles. The Balaban J connectivity index is 1.62. The smallest absolute Gasteiger partial charge is 0.408 e. The molecule has 0 radical (unpaired) electrons. The minimum absolute atomic E-state index is 0.201. The van der Waals surface area contributed by atoms with E-state index in [2.05, 4.69) is 10.0 Å². The molecule has 8 heteroatoms. The molecule has 2 aromatic carbocycles. The summed E-state index contributed by atoms with van der Waals surface area (Å²) in [6.07, 6.45) is 2.22. The standard InChI is InChI=1S/C22H26N4O2S2/c23-30-24-14-8-7-13-19(26-22(27)28-15-17-9-3-1-4-10-17)20-16-29-21(25-20)18-11-5-2-6-12-18/h1-6,9-12,16,19,24H,7-8,13-15,23H2,(H,26,27). The molecule has 1 aromatic heterocycles. The number of ether oxygens (including phenoxy) is 1. The van der Waals surface area contributed by atoms with Crippen molar-refractivity contribution in [3.8, 4) is 10.6 Å². The van der Waals surface area contributed by atoms with Gasteiger partial charge in [0, 0.05) is 29.6 Å². The molecule has 1 unspecified atom stereocenters. The number of nitrogens with one attached hydrogen (secondary N) is 2. The normalized spacial score (nSPS) is 11.8. The second kappa shape index (κ2) is 12.3. The molecular weight excluding hydrogens is 416 g/mol. The van der Waals surface area contributed by atoms with E-state index >= 15 is 0 Å². The Hall–Kier alpha value is -2.39. The number of carbonyl (C=O) groups is 1. The zero-order chi connectivity index (χ0) is 21.0. The molecule has 0 saturated carbocycles. The molecule has 1 heterocycles. The number of hydrogen-bond acceptors (Lipinski definition) is 7. The van der Waals surface area contributed by atoms with Gasteiger partial charge in [0.2, 0.25) is 0 Å². The highest BCUT2D eigenvalue weighted by Crippen LogP contribution is 2.28. The first-order valence-electron chi connectivity index (χ1n) is 9.83. The molecule has 3 aromatic rings. The summed E-state index contributed by atoms with van der Waals surface area (Å²) in [5.74, 6) is 0. The van der Waals surface area contributed by atoms with Crippen LogP contribution in [0.1, 0.15) is 36.6 Å². The van der Waals surface area contributed by atoms with Crippen molar-refractivity contribution in [1.82, 2.24) is 15.0 Å². The highest BCUT2D eigenvalue weighted by Gasteiger charge is 2.19.